The first-order chi connectivity index (χ1) is 26.1. The van der Waals surface area contributed by atoms with E-state index in [1.54, 1.807) is 0 Å². The minimum atomic E-state index is -1.78. The highest BCUT2D eigenvalue weighted by Crippen LogP contribution is 2.30. The van der Waals surface area contributed by atoms with E-state index in [9.17, 15) is 45.6 Å². The van der Waals surface area contributed by atoms with Crippen molar-refractivity contribution in [2.24, 2.45) is 0 Å². The molecule has 14 nitrogen and oxygen atoms in total. The lowest BCUT2D eigenvalue weighted by atomic mass is 9.97. The zero-order valence-electron chi connectivity index (χ0n) is 33.0. The molecule has 2 saturated heterocycles. The van der Waals surface area contributed by atoms with E-state index in [4.69, 9.17) is 18.9 Å². The third-order valence-corrected chi connectivity index (χ3v) is 10.5. The van der Waals surface area contributed by atoms with Crippen LogP contribution in [0.3, 0.4) is 0 Å². The summed E-state index contributed by atoms with van der Waals surface area (Å²) in [5.41, 5.74) is 0. The molecule has 318 valence electrons. The number of hydrogen-bond acceptors (Lipinski definition) is 13. The molecule has 0 aromatic carbocycles. The lowest BCUT2D eigenvalue weighted by molar-refractivity contribution is -0.359. The number of aliphatic hydroxyl groups is 8. The standard InChI is InChI=1S/C40H75NO13/c1-3-5-7-9-11-12-13-14-15-16-17-18-20-22-24-32(45)41-28(29(44)23-21-19-10-8-6-4-2)27-51-39-37(50)35(48)38(31(26-43)53-39)54-40-36(49)34(47)33(46)30(25-42)52-40/h13-14,28-31,33-40,42-44,46-50H,3-12,15-27H2,1-2H3,(H,41,45)/b14-13-. The Morgan fingerprint density at radius 1 is 0.648 bits per heavy atom. The molecule has 9 N–H and O–H groups in total. The van der Waals surface area contributed by atoms with E-state index < -0.39 is 86.8 Å². The molecule has 0 aromatic heterocycles. The van der Waals surface area contributed by atoms with Crippen molar-refractivity contribution in [2.75, 3.05) is 19.8 Å². The summed E-state index contributed by atoms with van der Waals surface area (Å²) >= 11 is 0. The van der Waals surface area contributed by atoms with Gasteiger partial charge in [-0.15, -0.1) is 0 Å². The summed E-state index contributed by atoms with van der Waals surface area (Å²) in [5, 5.41) is 86.1. The van der Waals surface area contributed by atoms with Crippen molar-refractivity contribution < 1.29 is 64.6 Å². The summed E-state index contributed by atoms with van der Waals surface area (Å²) in [5.74, 6) is -0.223. The highest BCUT2D eigenvalue weighted by molar-refractivity contribution is 5.76. The zero-order chi connectivity index (χ0) is 39.7. The number of rotatable bonds is 30. The van der Waals surface area contributed by atoms with Crippen LogP contribution in [-0.2, 0) is 23.7 Å². The van der Waals surface area contributed by atoms with Gasteiger partial charge in [0.25, 0.3) is 0 Å². The highest BCUT2D eigenvalue weighted by Gasteiger charge is 2.50. The second-order valence-corrected chi connectivity index (χ2v) is 15.1. The number of unbranched alkanes of at least 4 members (excludes halogenated alkanes) is 15. The third-order valence-electron chi connectivity index (χ3n) is 10.5. The second kappa shape index (κ2) is 29.0. The van der Waals surface area contributed by atoms with E-state index in [2.05, 4.69) is 31.3 Å². The first-order valence-corrected chi connectivity index (χ1v) is 20.9. The van der Waals surface area contributed by atoms with Crippen LogP contribution in [0.2, 0.25) is 0 Å². The topological polar surface area (TPSA) is 228 Å². The summed E-state index contributed by atoms with van der Waals surface area (Å²) in [6, 6.07) is -0.824. The molecule has 0 bridgehead atoms. The predicted molar refractivity (Wildman–Crippen MR) is 203 cm³/mol. The minimum Gasteiger partial charge on any atom is -0.394 e. The van der Waals surface area contributed by atoms with Crippen LogP contribution in [0.4, 0.5) is 0 Å². The maximum Gasteiger partial charge on any atom is 0.220 e. The maximum atomic E-state index is 13.0. The molecule has 2 aliphatic heterocycles. The Morgan fingerprint density at radius 2 is 1.17 bits per heavy atom. The largest absolute Gasteiger partial charge is 0.394 e. The van der Waals surface area contributed by atoms with Gasteiger partial charge >= 0.3 is 0 Å². The summed E-state index contributed by atoms with van der Waals surface area (Å²) < 4.78 is 22.5. The molecule has 54 heavy (non-hydrogen) atoms. The van der Waals surface area contributed by atoms with Crippen molar-refractivity contribution in [2.45, 2.75) is 216 Å². The third kappa shape index (κ3) is 17.9. The van der Waals surface area contributed by atoms with Crippen LogP contribution in [0.5, 0.6) is 0 Å². The van der Waals surface area contributed by atoms with Crippen LogP contribution in [0, 0.1) is 0 Å². The van der Waals surface area contributed by atoms with E-state index in [0.29, 0.717) is 19.3 Å². The SMILES string of the molecule is CCCCCCC/C=C\CCCCCCCC(=O)NC(COC1OC(CO)C(OC2OC(CO)C(O)C(O)C2O)C(O)C1O)C(O)CCCCCCCC. The maximum absolute atomic E-state index is 13.0. The average Bonchev–Trinajstić information content (AvgIpc) is 3.17. The summed E-state index contributed by atoms with van der Waals surface area (Å²) in [6.07, 6.45) is 8.40. The van der Waals surface area contributed by atoms with Gasteiger partial charge < -0.3 is 65.1 Å². The molecular weight excluding hydrogens is 702 g/mol. The van der Waals surface area contributed by atoms with Gasteiger partial charge in [0.2, 0.25) is 5.91 Å². The number of amides is 1. The predicted octanol–water partition coefficient (Wildman–Crippen LogP) is 2.87. The number of carbonyl (C=O) groups is 1. The van der Waals surface area contributed by atoms with Gasteiger partial charge in [-0.3, -0.25) is 4.79 Å². The Balaban J connectivity index is 1.87. The summed E-state index contributed by atoms with van der Waals surface area (Å²) in [4.78, 5) is 13.0. The van der Waals surface area contributed by atoms with Crippen molar-refractivity contribution in [3.63, 3.8) is 0 Å². The molecule has 2 aliphatic rings. The Morgan fingerprint density at radius 3 is 1.76 bits per heavy atom. The number of ether oxygens (including phenoxy) is 4. The van der Waals surface area contributed by atoms with Crippen LogP contribution in [-0.4, -0.2) is 140 Å². The van der Waals surface area contributed by atoms with Crippen molar-refractivity contribution in [1.82, 2.24) is 5.32 Å². The fraction of sp³-hybridized carbons (Fsp3) is 0.925. The van der Waals surface area contributed by atoms with Gasteiger partial charge in [-0.25, -0.2) is 0 Å². The summed E-state index contributed by atoms with van der Waals surface area (Å²) in [7, 11) is 0. The molecule has 12 unspecified atom stereocenters. The van der Waals surface area contributed by atoms with Gasteiger partial charge in [0, 0.05) is 6.42 Å². The van der Waals surface area contributed by atoms with Crippen molar-refractivity contribution in [3.05, 3.63) is 12.2 Å². The van der Waals surface area contributed by atoms with Crippen LogP contribution in [0.25, 0.3) is 0 Å². The van der Waals surface area contributed by atoms with Crippen LogP contribution in [0.1, 0.15) is 142 Å². The molecular formula is C40H75NO13. The molecule has 0 saturated carbocycles. The number of allylic oxidation sites excluding steroid dienone is 2. The second-order valence-electron chi connectivity index (χ2n) is 15.1. The lowest BCUT2D eigenvalue weighted by Gasteiger charge is -2.46. The van der Waals surface area contributed by atoms with E-state index in [1.165, 1.54) is 32.1 Å². The molecule has 0 aromatic rings. The Labute approximate surface area is 323 Å². The van der Waals surface area contributed by atoms with E-state index in [0.717, 1.165) is 77.0 Å². The lowest BCUT2D eigenvalue weighted by Crippen LogP contribution is -2.65. The number of hydrogen-bond donors (Lipinski definition) is 9. The molecule has 0 aliphatic carbocycles. The number of aliphatic hydroxyl groups excluding tert-OH is 8. The quantitative estimate of drug-likeness (QED) is 0.0378. The van der Waals surface area contributed by atoms with Crippen LogP contribution in [0.15, 0.2) is 12.2 Å². The van der Waals surface area contributed by atoms with Crippen molar-refractivity contribution >= 4 is 5.91 Å². The Hall–Kier alpha value is -1.27. The summed E-state index contributed by atoms with van der Waals surface area (Å²) in [6.45, 7) is 2.72. The first kappa shape index (κ1) is 48.9. The van der Waals surface area contributed by atoms with Crippen molar-refractivity contribution in [1.29, 1.82) is 0 Å². The minimum absolute atomic E-state index is 0.223. The van der Waals surface area contributed by atoms with Crippen LogP contribution >= 0.6 is 0 Å². The van der Waals surface area contributed by atoms with Gasteiger partial charge in [0.15, 0.2) is 12.6 Å². The fourth-order valence-corrected chi connectivity index (χ4v) is 6.93. The van der Waals surface area contributed by atoms with E-state index >= 15 is 0 Å². The molecule has 0 radical (unpaired) electrons. The molecule has 14 heteroatoms. The number of nitrogens with one attached hydrogen (secondary N) is 1. The zero-order valence-corrected chi connectivity index (χ0v) is 33.0. The number of carbonyl (C=O) groups excluding carboxylic acids is 1. The molecule has 12 atom stereocenters. The molecule has 2 rings (SSSR count). The van der Waals surface area contributed by atoms with E-state index in [1.807, 2.05) is 0 Å². The molecule has 2 heterocycles. The van der Waals surface area contributed by atoms with Gasteiger partial charge in [-0.1, -0.05) is 109 Å². The van der Waals surface area contributed by atoms with Gasteiger partial charge in [0.1, 0.15) is 48.8 Å². The molecule has 0 spiro atoms. The first-order valence-electron chi connectivity index (χ1n) is 20.9. The van der Waals surface area contributed by atoms with E-state index in [-0.39, 0.29) is 12.5 Å². The van der Waals surface area contributed by atoms with Gasteiger partial charge in [0.05, 0.1) is 32.0 Å². The van der Waals surface area contributed by atoms with Gasteiger partial charge in [-0.2, -0.15) is 0 Å². The monoisotopic (exact) mass is 778 g/mol. The molecule has 1 amide bonds. The van der Waals surface area contributed by atoms with Crippen molar-refractivity contribution in [3.8, 4) is 0 Å². The fourth-order valence-electron chi connectivity index (χ4n) is 6.93. The van der Waals surface area contributed by atoms with Crippen LogP contribution < -0.4 is 5.32 Å². The Bertz CT molecular complexity index is 972. The average molecular weight is 778 g/mol. The van der Waals surface area contributed by atoms with Gasteiger partial charge in [-0.05, 0) is 38.5 Å². The normalized spacial score (nSPS) is 30.1. The Kier molecular flexibility index (Phi) is 26.3. The highest BCUT2D eigenvalue weighted by atomic mass is 16.7. The molecule has 2 fully saturated rings. The smallest absolute Gasteiger partial charge is 0.220 e.